The third-order valence-electron chi connectivity index (χ3n) is 4.05. The van der Waals surface area contributed by atoms with Gasteiger partial charge in [-0.25, -0.2) is 8.42 Å². The number of rotatable bonds is 4. The van der Waals surface area contributed by atoms with E-state index in [4.69, 9.17) is 0 Å². The second kappa shape index (κ2) is 4.36. The summed E-state index contributed by atoms with van der Waals surface area (Å²) >= 11 is 0. The van der Waals surface area contributed by atoms with Crippen LogP contribution in [-0.4, -0.2) is 37.3 Å². The predicted molar refractivity (Wildman–Crippen MR) is 68.6 cm³/mol. The summed E-state index contributed by atoms with van der Waals surface area (Å²) in [6, 6.07) is 1.97. The average molecular weight is 269 g/mol. The molecule has 3 rings (SSSR count). The number of hydrogen-bond acceptors (Lipinski definition) is 3. The molecule has 0 radical (unpaired) electrons. The van der Waals surface area contributed by atoms with Gasteiger partial charge in [0.1, 0.15) is 0 Å². The first kappa shape index (κ1) is 12.2. The topological polar surface area (TPSA) is 65.2 Å². The van der Waals surface area contributed by atoms with E-state index in [-0.39, 0.29) is 6.04 Å². The van der Waals surface area contributed by atoms with Crippen LogP contribution in [0, 0.1) is 5.92 Å². The molecule has 2 unspecified atom stereocenters. The summed E-state index contributed by atoms with van der Waals surface area (Å²) in [5.41, 5.74) is 0.903. The maximum atomic E-state index is 12.5. The van der Waals surface area contributed by atoms with Crippen LogP contribution < -0.4 is 5.32 Å². The molecule has 2 aliphatic rings. The average Bonchev–Trinajstić information content (AvgIpc) is 3.04. The summed E-state index contributed by atoms with van der Waals surface area (Å²) in [6.07, 6.45) is 4.87. The molecule has 2 N–H and O–H groups in total. The zero-order chi connectivity index (χ0) is 12.8. The summed E-state index contributed by atoms with van der Waals surface area (Å²) < 4.78 is 26.8. The molecule has 18 heavy (non-hydrogen) atoms. The van der Waals surface area contributed by atoms with E-state index >= 15 is 0 Å². The number of H-pyrrole nitrogens is 1. The molecule has 0 aromatic carbocycles. The molecule has 1 aromatic rings. The van der Waals surface area contributed by atoms with E-state index in [0.29, 0.717) is 23.9 Å². The Balaban J connectivity index is 1.85. The Labute approximate surface area is 108 Å². The van der Waals surface area contributed by atoms with Gasteiger partial charge in [0, 0.05) is 31.0 Å². The minimum Gasteiger partial charge on any atom is -0.363 e. The number of nitrogens with one attached hydrogen (secondary N) is 2. The monoisotopic (exact) mass is 269 g/mol. The normalized spacial score (nSPS) is 28.1. The number of nitrogens with zero attached hydrogens (tertiary/aromatic N) is 1. The maximum Gasteiger partial charge on any atom is 0.244 e. The zero-order valence-electron chi connectivity index (χ0n) is 10.5. The molecule has 1 aliphatic carbocycles. The predicted octanol–water partition coefficient (Wildman–Crippen LogP) is 0.907. The SMILES string of the molecule is CNCc1cc(S(=O)(=O)N2CC3CCC2C3)c[nH]1. The third kappa shape index (κ3) is 1.88. The molecule has 2 atom stereocenters. The molecule has 5 nitrogen and oxygen atoms in total. The van der Waals surface area contributed by atoms with Crippen LogP contribution in [-0.2, 0) is 16.6 Å². The van der Waals surface area contributed by atoms with Crippen LogP contribution in [0.1, 0.15) is 25.0 Å². The van der Waals surface area contributed by atoms with Crippen molar-refractivity contribution in [2.75, 3.05) is 13.6 Å². The fraction of sp³-hybridized carbons (Fsp3) is 0.667. The van der Waals surface area contributed by atoms with E-state index < -0.39 is 10.0 Å². The first-order chi connectivity index (χ1) is 8.61. The van der Waals surface area contributed by atoms with Crippen molar-refractivity contribution in [2.24, 2.45) is 5.92 Å². The molecular weight excluding hydrogens is 250 g/mol. The number of piperidine rings is 1. The van der Waals surface area contributed by atoms with Gasteiger partial charge in [0.05, 0.1) is 4.90 Å². The Morgan fingerprint density at radius 1 is 1.50 bits per heavy atom. The standard InChI is InChI=1S/C12H19N3O2S/c1-13-6-10-5-12(7-14-10)18(16,17)15-8-9-2-3-11(15)4-9/h5,7,9,11,13-14H,2-4,6,8H2,1H3. The van der Waals surface area contributed by atoms with Gasteiger partial charge in [-0.1, -0.05) is 0 Å². The Morgan fingerprint density at radius 3 is 2.94 bits per heavy atom. The first-order valence-electron chi connectivity index (χ1n) is 6.45. The number of aromatic amines is 1. The van der Waals surface area contributed by atoms with Crippen molar-refractivity contribution >= 4 is 10.0 Å². The quantitative estimate of drug-likeness (QED) is 0.854. The van der Waals surface area contributed by atoms with E-state index in [2.05, 4.69) is 10.3 Å². The van der Waals surface area contributed by atoms with Gasteiger partial charge >= 0.3 is 0 Å². The van der Waals surface area contributed by atoms with E-state index in [0.717, 1.165) is 18.5 Å². The molecule has 6 heteroatoms. The van der Waals surface area contributed by atoms with Crippen molar-refractivity contribution in [3.63, 3.8) is 0 Å². The first-order valence-corrected chi connectivity index (χ1v) is 7.89. The molecule has 0 spiro atoms. The van der Waals surface area contributed by atoms with Gasteiger partial charge in [0.25, 0.3) is 0 Å². The third-order valence-corrected chi connectivity index (χ3v) is 5.95. The smallest absolute Gasteiger partial charge is 0.244 e. The Bertz CT molecular complexity index is 537. The second-order valence-electron chi connectivity index (χ2n) is 5.30. The highest BCUT2D eigenvalue weighted by Crippen LogP contribution is 2.40. The number of fused-ring (bicyclic) bond motifs is 2. The number of sulfonamides is 1. The van der Waals surface area contributed by atoms with Gasteiger partial charge in [0.2, 0.25) is 10.0 Å². The second-order valence-corrected chi connectivity index (χ2v) is 7.19. The van der Waals surface area contributed by atoms with E-state index in [1.165, 1.54) is 6.42 Å². The maximum absolute atomic E-state index is 12.5. The van der Waals surface area contributed by atoms with Crippen LogP contribution >= 0.6 is 0 Å². The van der Waals surface area contributed by atoms with Crippen LogP contribution in [0.4, 0.5) is 0 Å². The summed E-state index contributed by atoms with van der Waals surface area (Å²) in [7, 11) is -1.45. The van der Waals surface area contributed by atoms with Crippen LogP contribution in [0.15, 0.2) is 17.2 Å². The molecule has 1 saturated heterocycles. The molecule has 0 amide bonds. The van der Waals surface area contributed by atoms with Gasteiger partial charge in [0.15, 0.2) is 0 Å². The molecule has 2 bridgehead atoms. The van der Waals surface area contributed by atoms with E-state index in [9.17, 15) is 8.42 Å². The van der Waals surface area contributed by atoms with Crippen molar-refractivity contribution in [2.45, 2.75) is 36.7 Å². The zero-order valence-corrected chi connectivity index (χ0v) is 11.3. The van der Waals surface area contributed by atoms with Crippen LogP contribution in [0.2, 0.25) is 0 Å². The van der Waals surface area contributed by atoms with Crippen LogP contribution in [0.25, 0.3) is 0 Å². The molecule has 100 valence electrons. The fourth-order valence-corrected chi connectivity index (χ4v) is 4.93. The summed E-state index contributed by atoms with van der Waals surface area (Å²) in [5, 5.41) is 3.01. The largest absolute Gasteiger partial charge is 0.363 e. The van der Waals surface area contributed by atoms with Crippen LogP contribution in [0.3, 0.4) is 0 Å². The lowest BCUT2D eigenvalue weighted by Crippen LogP contribution is -2.37. The van der Waals surface area contributed by atoms with E-state index in [1.807, 2.05) is 7.05 Å². The van der Waals surface area contributed by atoms with Gasteiger partial charge < -0.3 is 10.3 Å². The minimum atomic E-state index is -3.29. The Hall–Kier alpha value is -0.850. The van der Waals surface area contributed by atoms with Gasteiger partial charge in [-0.15, -0.1) is 0 Å². The van der Waals surface area contributed by atoms with Crippen molar-refractivity contribution in [3.8, 4) is 0 Å². The summed E-state index contributed by atoms with van der Waals surface area (Å²) in [5.74, 6) is 0.584. The highest BCUT2D eigenvalue weighted by molar-refractivity contribution is 7.89. The highest BCUT2D eigenvalue weighted by Gasteiger charge is 2.44. The van der Waals surface area contributed by atoms with Crippen molar-refractivity contribution in [1.29, 1.82) is 0 Å². The lowest BCUT2D eigenvalue weighted by molar-refractivity contribution is 0.333. The van der Waals surface area contributed by atoms with Crippen molar-refractivity contribution < 1.29 is 8.42 Å². The molecule has 1 aliphatic heterocycles. The lowest BCUT2D eigenvalue weighted by atomic mass is 10.1. The minimum absolute atomic E-state index is 0.239. The van der Waals surface area contributed by atoms with E-state index in [1.54, 1.807) is 16.6 Å². The summed E-state index contributed by atoms with van der Waals surface area (Å²) in [6.45, 7) is 1.36. The Kier molecular flexibility index (Phi) is 2.96. The molecular formula is C12H19N3O2S. The fourth-order valence-electron chi connectivity index (χ4n) is 3.17. The van der Waals surface area contributed by atoms with Gasteiger partial charge in [-0.2, -0.15) is 4.31 Å². The van der Waals surface area contributed by atoms with Crippen molar-refractivity contribution in [3.05, 3.63) is 18.0 Å². The molecule has 1 saturated carbocycles. The number of hydrogen-bond donors (Lipinski definition) is 2. The molecule has 1 aromatic heterocycles. The summed E-state index contributed by atoms with van der Waals surface area (Å²) in [4.78, 5) is 3.42. The highest BCUT2D eigenvalue weighted by atomic mass is 32.2. The van der Waals surface area contributed by atoms with Crippen molar-refractivity contribution in [1.82, 2.24) is 14.6 Å². The van der Waals surface area contributed by atoms with Gasteiger partial charge in [-0.3, -0.25) is 0 Å². The van der Waals surface area contributed by atoms with Gasteiger partial charge in [-0.05, 0) is 38.3 Å². The number of aromatic nitrogens is 1. The van der Waals surface area contributed by atoms with Crippen LogP contribution in [0.5, 0.6) is 0 Å². The molecule has 2 heterocycles. The lowest BCUT2D eigenvalue weighted by Gasteiger charge is -2.25. The Morgan fingerprint density at radius 2 is 2.33 bits per heavy atom. The molecule has 2 fully saturated rings.